The van der Waals surface area contributed by atoms with Crippen LogP contribution in [0.5, 0.6) is 0 Å². The summed E-state index contributed by atoms with van der Waals surface area (Å²) in [4.78, 5) is 12.1. The van der Waals surface area contributed by atoms with E-state index >= 15 is 0 Å². The third-order valence-corrected chi connectivity index (χ3v) is 2.60. The first kappa shape index (κ1) is 12.2. The zero-order chi connectivity index (χ0) is 11.3. The Morgan fingerprint density at radius 1 is 1.40 bits per heavy atom. The maximum absolute atomic E-state index is 11.6. The minimum atomic E-state index is 0.00292. The number of nitrogens with one attached hydrogen (secondary N) is 1. The van der Waals surface area contributed by atoms with Crippen molar-refractivity contribution >= 4 is 21.8 Å². The van der Waals surface area contributed by atoms with Crippen LogP contribution in [0.1, 0.15) is 29.3 Å². The summed E-state index contributed by atoms with van der Waals surface area (Å²) in [6.07, 6.45) is 0.942. The Morgan fingerprint density at radius 2 is 2.00 bits per heavy atom. The van der Waals surface area contributed by atoms with Crippen molar-refractivity contribution in [1.82, 2.24) is 5.32 Å². The molecule has 0 spiro atoms. The number of hydrogen-bond acceptors (Lipinski definition) is 1. The van der Waals surface area contributed by atoms with Gasteiger partial charge in [0, 0.05) is 16.9 Å². The monoisotopic (exact) mass is 269 g/mol. The van der Waals surface area contributed by atoms with E-state index in [2.05, 4.69) is 28.2 Å². The van der Waals surface area contributed by atoms with Crippen molar-refractivity contribution in [2.75, 3.05) is 6.54 Å². The van der Waals surface area contributed by atoms with Gasteiger partial charge in [0.25, 0.3) is 5.91 Å². The highest BCUT2D eigenvalue weighted by molar-refractivity contribution is 9.09. The first-order valence-corrected chi connectivity index (χ1v) is 6.00. The van der Waals surface area contributed by atoms with Crippen LogP contribution >= 0.6 is 15.9 Å². The molecule has 1 rings (SSSR count). The van der Waals surface area contributed by atoms with Gasteiger partial charge in [-0.3, -0.25) is 4.79 Å². The summed E-state index contributed by atoms with van der Waals surface area (Å²) < 4.78 is 0. The number of amides is 1. The summed E-state index contributed by atoms with van der Waals surface area (Å²) in [5, 5.41) is 2.88. The number of rotatable bonds is 4. The van der Waals surface area contributed by atoms with Crippen LogP contribution in [0.2, 0.25) is 0 Å². The second kappa shape index (κ2) is 5.91. The van der Waals surface area contributed by atoms with Gasteiger partial charge >= 0.3 is 0 Å². The van der Waals surface area contributed by atoms with Crippen LogP contribution in [-0.4, -0.2) is 17.3 Å². The molecule has 0 radical (unpaired) electrons. The van der Waals surface area contributed by atoms with E-state index < -0.39 is 0 Å². The van der Waals surface area contributed by atoms with Crippen LogP contribution in [0.15, 0.2) is 24.3 Å². The minimum Gasteiger partial charge on any atom is -0.352 e. The third kappa shape index (κ3) is 4.47. The smallest absolute Gasteiger partial charge is 0.251 e. The van der Waals surface area contributed by atoms with Gasteiger partial charge in [0.1, 0.15) is 0 Å². The lowest BCUT2D eigenvalue weighted by molar-refractivity contribution is 0.0953. The zero-order valence-corrected chi connectivity index (χ0v) is 10.7. The molecule has 1 unspecified atom stereocenters. The molecule has 0 aliphatic carbocycles. The van der Waals surface area contributed by atoms with Gasteiger partial charge in [-0.15, -0.1) is 0 Å². The Kier molecular flexibility index (Phi) is 4.82. The van der Waals surface area contributed by atoms with E-state index in [0.29, 0.717) is 11.4 Å². The van der Waals surface area contributed by atoms with Gasteiger partial charge in [-0.2, -0.15) is 0 Å². The highest BCUT2D eigenvalue weighted by atomic mass is 79.9. The van der Waals surface area contributed by atoms with Crippen LogP contribution in [0.4, 0.5) is 0 Å². The standard InChI is InChI=1S/C12H16BrNO/c1-9-3-5-11(6-4-9)12(15)14-8-7-10(2)13/h3-6,10H,7-8H2,1-2H3,(H,14,15). The molecule has 0 aromatic heterocycles. The molecule has 0 saturated carbocycles. The zero-order valence-electron chi connectivity index (χ0n) is 9.09. The summed E-state index contributed by atoms with van der Waals surface area (Å²) in [6, 6.07) is 7.59. The number of aryl methyl sites for hydroxylation is 1. The van der Waals surface area contributed by atoms with E-state index in [9.17, 15) is 4.79 Å². The average molecular weight is 270 g/mol. The predicted octanol–water partition coefficient (Wildman–Crippen LogP) is 2.90. The molecule has 0 bridgehead atoms. The minimum absolute atomic E-state index is 0.00292. The van der Waals surface area contributed by atoms with Crippen molar-refractivity contribution in [1.29, 1.82) is 0 Å². The lowest BCUT2D eigenvalue weighted by Gasteiger charge is -2.06. The van der Waals surface area contributed by atoms with Gasteiger partial charge in [-0.05, 0) is 25.5 Å². The van der Waals surface area contributed by atoms with Crippen LogP contribution in [0.25, 0.3) is 0 Å². The molecular formula is C12H16BrNO. The molecule has 15 heavy (non-hydrogen) atoms. The fraction of sp³-hybridized carbons (Fsp3) is 0.417. The largest absolute Gasteiger partial charge is 0.352 e. The molecule has 3 heteroatoms. The lowest BCUT2D eigenvalue weighted by Crippen LogP contribution is -2.25. The first-order chi connectivity index (χ1) is 7.09. The molecule has 0 aliphatic heterocycles. The molecule has 1 amide bonds. The first-order valence-electron chi connectivity index (χ1n) is 5.08. The fourth-order valence-electron chi connectivity index (χ4n) is 1.19. The number of halogens is 1. The summed E-state index contributed by atoms with van der Waals surface area (Å²) in [5.41, 5.74) is 1.89. The van der Waals surface area contributed by atoms with Gasteiger partial charge in [0.05, 0.1) is 0 Å². The van der Waals surface area contributed by atoms with Crippen molar-refractivity contribution in [3.8, 4) is 0 Å². The molecule has 2 nitrogen and oxygen atoms in total. The predicted molar refractivity (Wildman–Crippen MR) is 66.5 cm³/mol. The number of carbonyl (C=O) groups excluding carboxylic acids is 1. The summed E-state index contributed by atoms with van der Waals surface area (Å²) >= 11 is 3.44. The van der Waals surface area contributed by atoms with E-state index in [4.69, 9.17) is 0 Å². The summed E-state index contributed by atoms with van der Waals surface area (Å²) in [6.45, 7) is 4.78. The normalized spacial score (nSPS) is 12.2. The molecule has 1 N–H and O–H groups in total. The second-order valence-corrected chi connectivity index (χ2v) is 5.25. The topological polar surface area (TPSA) is 29.1 Å². The average Bonchev–Trinajstić information content (AvgIpc) is 2.18. The Bertz CT molecular complexity index is 319. The van der Waals surface area contributed by atoms with Crippen molar-refractivity contribution in [3.63, 3.8) is 0 Å². The maximum Gasteiger partial charge on any atom is 0.251 e. The van der Waals surface area contributed by atoms with Crippen molar-refractivity contribution < 1.29 is 4.79 Å². The molecule has 1 aromatic carbocycles. The number of carbonyl (C=O) groups is 1. The maximum atomic E-state index is 11.6. The number of benzene rings is 1. The van der Waals surface area contributed by atoms with Crippen LogP contribution in [0.3, 0.4) is 0 Å². The molecule has 0 aliphatic rings. The molecule has 0 heterocycles. The van der Waals surface area contributed by atoms with Crippen LogP contribution in [-0.2, 0) is 0 Å². The highest BCUT2D eigenvalue weighted by Gasteiger charge is 2.04. The summed E-state index contributed by atoms with van der Waals surface area (Å²) in [5.74, 6) is 0.00292. The van der Waals surface area contributed by atoms with Gasteiger partial charge in [-0.1, -0.05) is 40.5 Å². The Labute approximate surface area is 99.2 Å². The second-order valence-electron chi connectivity index (χ2n) is 3.69. The van der Waals surface area contributed by atoms with E-state index in [-0.39, 0.29) is 5.91 Å². The van der Waals surface area contributed by atoms with Crippen molar-refractivity contribution in [2.45, 2.75) is 25.1 Å². The quantitative estimate of drug-likeness (QED) is 0.837. The summed E-state index contributed by atoms with van der Waals surface area (Å²) in [7, 11) is 0. The Balaban J connectivity index is 2.43. The number of hydrogen-bond donors (Lipinski definition) is 1. The number of alkyl halides is 1. The third-order valence-electron chi connectivity index (χ3n) is 2.14. The van der Waals surface area contributed by atoms with E-state index in [1.807, 2.05) is 31.2 Å². The van der Waals surface area contributed by atoms with Gasteiger partial charge in [0.2, 0.25) is 0 Å². The molecule has 82 valence electrons. The Hall–Kier alpha value is -0.830. The van der Waals surface area contributed by atoms with Gasteiger partial charge < -0.3 is 5.32 Å². The highest BCUT2D eigenvalue weighted by Crippen LogP contribution is 2.04. The Morgan fingerprint density at radius 3 is 2.53 bits per heavy atom. The van der Waals surface area contributed by atoms with E-state index in [1.54, 1.807) is 0 Å². The van der Waals surface area contributed by atoms with Crippen molar-refractivity contribution in [3.05, 3.63) is 35.4 Å². The van der Waals surface area contributed by atoms with Gasteiger partial charge in [0.15, 0.2) is 0 Å². The van der Waals surface area contributed by atoms with E-state index in [1.165, 1.54) is 5.56 Å². The molecule has 0 fully saturated rings. The SMILES string of the molecule is Cc1ccc(C(=O)NCCC(C)Br)cc1. The van der Waals surface area contributed by atoms with Crippen molar-refractivity contribution in [2.24, 2.45) is 0 Å². The fourth-order valence-corrected chi connectivity index (χ4v) is 1.42. The van der Waals surface area contributed by atoms with E-state index in [0.717, 1.165) is 12.0 Å². The molecule has 1 aromatic rings. The lowest BCUT2D eigenvalue weighted by atomic mass is 10.1. The molecule has 1 atom stereocenters. The van der Waals surface area contributed by atoms with Crippen LogP contribution in [0, 0.1) is 6.92 Å². The van der Waals surface area contributed by atoms with Gasteiger partial charge in [-0.25, -0.2) is 0 Å². The van der Waals surface area contributed by atoms with Crippen LogP contribution < -0.4 is 5.32 Å². The molecule has 0 saturated heterocycles. The molecular weight excluding hydrogens is 254 g/mol.